The molecule has 0 saturated carbocycles. The molecule has 1 atom stereocenters. The van der Waals surface area contributed by atoms with Crippen LogP contribution in [0.5, 0.6) is 0 Å². The average Bonchev–Trinajstić information content (AvgIpc) is 2.74. The van der Waals surface area contributed by atoms with Crippen molar-refractivity contribution in [2.45, 2.75) is 58.8 Å². The number of nitrogens with zero attached hydrogens (tertiary/aromatic N) is 1. The van der Waals surface area contributed by atoms with E-state index in [1.807, 2.05) is 25.1 Å². The second-order valence-corrected chi connectivity index (χ2v) is 9.12. The Balaban J connectivity index is 1.99. The number of carbonyl (C=O) groups excluding carboxylic acids is 2. The summed E-state index contributed by atoms with van der Waals surface area (Å²) in [5.41, 5.74) is 4.88. The lowest BCUT2D eigenvalue weighted by atomic mass is 10.1. The summed E-state index contributed by atoms with van der Waals surface area (Å²) in [4.78, 5) is 27.5. The molecule has 1 unspecified atom stereocenters. The van der Waals surface area contributed by atoms with Crippen LogP contribution >= 0.6 is 11.8 Å². The average molecular weight is 441 g/mol. The minimum absolute atomic E-state index is 0.0171. The highest BCUT2D eigenvalue weighted by atomic mass is 32.2. The molecule has 0 aliphatic heterocycles. The summed E-state index contributed by atoms with van der Waals surface area (Å²) in [7, 11) is 0. The molecule has 0 aliphatic rings. The topological polar surface area (TPSA) is 49.4 Å². The summed E-state index contributed by atoms with van der Waals surface area (Å²) >= 11 is 1.61. The molecular weight excluding hydrogens is 404 g/mol. The second-order valence-electron chi connectivity index (χ2n) is 8.13. The summed E-state index contributed by atoms with van der Waals surface area (Å²) in [5, 5.41) is 2.97. The third kappa shape index (κ3) is 8.78. The smallest absolute Gasteiger partial charge is 0.242 e. The van der Waals surface area contributed by atoms with Crippen molar-refractivity contribution in [3.05, 3.63) is 70.8 Å². The zero-order valence-electron chi connectivity index (χ0n) is 19.3. The van der Waals surface area contributed by atoms with Crippen LogP contribution in [0.2, 0.25) is 0 Å². The maximum absolute atomic E-state index is 13.1. The van der Waals surface area contributed by atoms with Crippen molar-refractivity contribution < 1.29 is 9.59 Å². The van der Waals surface area contributed by atoms with Crippen molar-refractivity contribution in [3.63, 3.8) is 0 Å². The van der Waals surface area contributed by atoms with Gasteiger partial charge in [-0.15, -0.1) is 11.8 Å². The van der Waals surface area contributed by atoms with Gasteiger partial charge in [0, 0.05) is 18.8 Å². The quantitative estimate of drug-likeness (QED) is 0.477. The van der Waals surface area contributed by atoms with E-state index in [1.54, 1.807) is 16.7 Å². The van der Waals surface area contributed by atoms with Crippen LogP contribution in [-0.4, -0.2) is 41.6 Å². The molecule has 2 rings (SSSR count). The van der Waals surface area contributed by atoms with Gasteiger partial charge in [0.1, 0.15) is 6.04 Å². The minimum atomic E-state index is -0.477. The fraction of sp³-hybridized carbons (Fsp3) is 0.462. The van der Waals surface area contributed by atoms with E-state index in [4.69, 9.17) is 0 Å². The van der Waals surface area contributed by atoms with Crippen LogP contribution < -0.4 is 5.32 Å². The first-order valence-corrected chi connectivity index (χ1v) is 12.3. The molecule has 5 heteroatoms. The van der Waals surface area contributed by atoms with Gasteiger partial charge in [0.2, 0.25) is 11.8 Å². The zero-order chi connectivity index (χ0) is 22.6. The highest BCUT2D eigenvalue weighted by Crippen LogP contribution is 2.17. The van der Waals surface area contributed by atoms with Gasteiger partial charge in [-0.3, -0.25) is 9.59 Å². The summed E-state index contributed by atoms with van der Waals surface area (Å²) < 4.78 is 0. The Hall–Kier alpha value is -2.27. The van der Waals surface area contributed by atoms with Crippen LogP contribution in [0.15, 0.2) is 48.5 Å². The molecule has 2 aromatic rings. The third-order valence-electron chi connectivity index (χ3n) is 5.26. The number of amides is 2. The van der Waals surface area contributed by atoms with E-state index < -0.39 is 6.04 Å². The van der Waals surface area contributed by atoms with Gasteiger partial charge in [0.25, 0.3) is 0 Å². The van der Waals surface area contributed by atoms with Gasteiger partial charge in [-0.25, -0.2) is 0 Å². The van der Waals surface area contributed by atoms with E-state index in [0.717, 1.165) is 25.0 Å². The summed E-state index contributed by atoms with van der Waals surface area (Å²) in [6, 6.07) is 16.1. The lowest BCUT2D eigenvalue weighted by Crippen LogP contribution is -2.49. The van der Waals surface area contributed by atoms with Crippen LogP contribution in [0.25, 0.3) is 0 Å². The van der Waals surface area contributed by atoms with Crippen molar-refractivity contribution in [3.8, 4) is 0 Å². The molecule has 0 aliphatic carbocycles. The van der Waals surface area contributed by atoms with Gasteiger partial charge in [-0.2, -0.15) is 0 Å². The van der Waals surface area contributed by atoms with Crippen molar-refractivity contribution in [1.29, 1.82) is 0 Å². The van der Waals surface area contributed by atoms with Crippen molar-refractivity contribution in [1.82, 2.24) is 10.2 Å². The number of hydrogen-bond acceptors (Lipinski definition) is 3. The number of carbonyl (C=O) groups is 2. The number of unbranched alkanes of at least 4 members (excludes halogenated alkanes) is 1. The molecule has 4 nitrogen and oxygen atoms in total. The van der Waals surface area contributed by atoms with Crippen molar-refractivity contribution in [2.24, 2.45) is 0 Å². The maximum atomic E-state index is 13.1. The molecule has 31 heavy (non-hydrogen) atoms. The Morgan fingerprint density at radius 1 is 1.03 bits per heavy atom. The Bertz CT molecular complexity index is 818. The van der Waals surface area contributed by atoms with E-state index in [9.17, 15) is 9.59 Å². The Morgan fingerprint density at radius 3 is 2.35 bits per heavy atom. The highest BCUT2D eigenvalue weighted by molar-refractivity contribution is 7.99. The van der Waals surface area contributed by atoms with Gasteiger partial charge >= 0.3 is 0 Å². The summed E-state index contributed by atoms with van der Waals surface area (Å²) in [6.45, 7) is 9.31. The van der Waals surface area contributed by atoms with Crippen LogP contribution in [-0.2, 0) is 21.8 Å². The van der Waals surface area contributed by atoms with Gasteiger partial charge in [0.15, 0.2) is 0 Å². The van der Waals surface area contributed by atoms with Crippen LogP contribution in [0.1, 0.15) is 48.9 Å². The predicted octanol–water partition coefficient (Wildman–Crippen LogP) is 4.91. The lowest BCUT2D eigenvalue weighted by Gasteiger charge is -2.28. The first kappa shape index (κ1) is 25.0. The van der Waals surface area contributed by atoms with Crippen molar-refractivity contribution in [2.75, 3.05) is 18.8 Å². The van der Waals surface area contributed by atoms with Crippen LogP contribution in [0, 0.1) is 13.8 Å². The first-order chi connectivity index (χ1) is 14.9. The first-order valence-electron chi connectivity index (χ1n) is 11.2. The van der Waals surface area contributed by atoms with Gasteiger partial charge < -0.3 is 10.2 Å². The fourth-order valence-corrected chi connectivity index (χ4v) is 4.44. The molecule has 0 aromatic heterocycles. The van der Waals surface area contributed by atoms with Crippen molar-refractivity contribution >= 4 is 23.6 Å². The minimum Gasteiger partial charge on any atom is -0.354 e. The Morgan fingerprint density at radius 2 is 1.71 bits per heavy atom. The molecular formula is C26H36N2O2S. The number of nitrogens with one attached hydrogen (secondary N) is 1. The predicted molar refractivity (Wildman–Crippen MR) is 131 cm³/mol. The highest BCUT2D eigenvalue weighted by Gasteiger charge is 2.25. The molecule has 0 spiro atoms. The van der Waals surface area contributed by atoms with Crippen LogP contribution in [0.3, 0.4) is 0 Å². The van der Waals surface area contributed by atoms with Gasteiger partial charge in [-0.05, 0) is 44.7 Å². The van der Waals surface area contributed by atoms with E-state index in [-0.39, 0.29) is 11.8 Å². The fourth-order valence-electron chi connectivity index (χ4n) is 3.60. The Labute approximate surface area is 191 Å². The molecule has 2 amide bonds. The number of benzene rings is 2. The third-order valence-corrected chi connectivity index (χ3v) is 6.25. The lowest BCUT2D eigenvalue weighted by molar-refractivity contribution is -0.137. The zero-order valence-corrected chi connectivity index (χ0v) is 20.1. The molecule has 0 saturated heterocycles. The molecule has 1 N–H and O–H groups in total. The van der Waals surface area contributed by atoms with Gasteiger partial charge in [-0.1, -0.05) is 73.0 Å². The summed E-state index contributed by atoms with van der Waals surface area (Å²) in [5.74, 6) is 1.10. The maximum Gasteiger partial charge on any atom is 0.242 e. The van der Waals surface area contributed by atoms with E-state index >= 15 is 0 Å². The van der Waals surface area contributed by atoms with E-state index in [2.05, 4.69) is 56.4 Å². The molecule has 2 aromatic carbocycles. The molecule has 0 bridgehead atoms. The summed E-state index contributed by atoms with van der Waals surface area (Å²) in [6.07, 6.45) is 2.71. The number of aryl methyl sites for hydroxylation is 2. The van der Waals surface area contributed by atoms with Crippen LogP contribution in [0.4, 0.5) is 0 Å². The van der Waals surface area contributed by atoms with E-state index in [1.165, 1.54) is 22.3 Å². The number of thioether (sulfide) groups is 1. The monoisotopic (exact) mass is 440 g/mol. The molecule has 0 heterocycles. The van der Waals surface area contributed by atoms with Gasteiger partial charge in [0.05, 0.1) is 5.75 Å². The standard InChI is InChI=1S/C26H36N2O2S/c1-5-6-13-27-26(30)22(4)28(14-12-23-10-8-7-9-11-23)25(29)19-31-18-24-16-20(2)15-21(3)17-24/h7-11,15-17,22H,5-6,12-14,18-19H2,1-4H3,(H,27,30). The molecule has 168 valence electrons. The molecule has 0 fully saturated rings. The second kappa shape index (κ2) is 13.2. The normalized spacial score (nSPS) is 11.7. The largest absolute Gasteiger partial charge is 0.354 e. The number of rotatable bonds is 12. The van der Waals surface area contributed by atoms with E-state index in [0.29, 0.717) is 18.8 Å². The Kier molecular flexibility index (Phi) is 10.6. The SMILES string of the molecule is CCCCNC(=O)C(C)N(CCc1ccccc1)C(=O)CSCc1cc(C)cc(C)c1. The number of hydrogen-bond donors (Lipinski definition) is 1. The molecule has 0 radical (unpaired) electrons.